The number of carbonyl (C=O) groups excluding carboxylic acids is 1. The van der Waals surface area contributed by atoms with Gasteiger partial charge in [-0.25, -0.2) is 4.79 Å². The van der Waals surface area contributed by atoms with Crippen LogP contribution in [-0.4, -0.2) is 23.0 Å². The van der Waals surface area contributed by atoms with E-state index in [4.69, 9.17) is 10.8 Å². The van der Waals surface area contributed by atoms with Gasteiger partial charge in [-0.05, 0) is 25.0 Å². The van der Waals surface area contributed by atoms with Gasteiger partial charge in [-0.1, -0.05) is 31.4 Å². The highest BCUT2D eigenvalue weighted by Gasteiger charge is 2.27. The molecule has 5 nitrogen and oxygen atoms in total. The first-order chi connectivity index (χ1) is 9.59. The highest BCUT2D eigenvalue weighted by molar-refractivity contribution is 6.01. The third-order valence-corrected chi connectivity index (χ3v) is 3.82. The van der Waals surface area contributed by atoms with Gasteiger partial charge in [0.05, 0.1) is 17.2 Å². The fraction of sp³-hybridized carbons (Fsp3) is 0.467. The zero-order valence-electron chi connectivity index (χ0n) is 11.3. The first-order valence-electron chi connectivity index (χ1n) is 6.98. The van der Waals surface area contributed by atoms with Gasteiger partial charge in [0.15, 0.2) is 0 Å². The monoisotopic (exact) mass is 276 g/mol. The molecular weight excluding hydrogens is 256 g/mol. The molecule has 4 N–H and O–H groups in total. The Kier molecular flexibility index (Phi) is 4.74. The molecule has 1 amide bonds. The second-order valence-corrected chi connectivity index (χ2v) is 5.25. The second-order valence-electron chi connectivity index (χ2n) is 5.25. The molecule has 0 radical (unpaired) electrons. The quantitative estimate of drug-likeness (QED) is 0.738. The Bertz CT molecular complexity index is 502. The average Bonchev–Trinajstić information content (AvgIpc) is 2.63. The number of nitrogens with one attached hydrogen (secondary N) is 1. The maximum atomic E-state index is 12.3. The highest BCUT2D eigenvalue weighted by atomic mass is 16.4. The number of carboxylic acid groups (broad SMARTS) is 1. The van der Waals surface area contributed by atoms with Gasteiger partial charge in [0, 0.05) is 6.04 Å². The molecule has 0 aromatic heterocycles. The lowest BCUT2D eigenvalue weighted by molar-refractivity contribution is -0.120. The first kappa shape index (κ1) is 14.5. The van der Waals surface area contributed by atoms with Crippen molar-refractivity contribution in [2.45, 2.75) is 38.1 Å². The normalized spacial score (nSPS) is 22.9. The van der Waals surface area contributed by atoms with E-state index in [1.54, 1.807) is 18.2 Å². The molecule has 0 heterocycles. The van der Waals surface area contributed by atoms with Crippen molar-refractivity contribution in [2.75, 3.05) is 5.32 Å². The van der Waals surface area contributed by atoms with Crippen LogP contribution >= 0.6 is 0 Å². The molecule has 1 saturated carbocycles. The van der Waals surface area contributed by atoms with Crippen LogP contribution in [0, 0.1) is 5.92 Å². The van der Waals surface area contributed by atoms with Crippen LogP contribution in [-0.2, 0) is 4.79 Å². The molecule has 20 heavy (non-hydrogen) atoms. The van der Waals surface area contributed by atoms with Crippen molar-refractivity contribution in [2.24, 2.45) is 11.7 Å². The molecule has 0 aliphatic heterocycles. The van der Waals surface area contributed by atoms with E-state index in [0.717, 1.165) is 32.1 Å². The highest BCUT2D eigenvalue weighted by Crippen LogP contribution is 2.24. The minimum absolute atomic E-state index is 0.100. The van der Waals surface area contributed by atoms with Gasteiger partial charge in [0.2, 0.25) is 5.91 Å². The van der Waals surface area contributed by atoms with Crippen LogP contribution in [0.3, 0.4) is 0 Å². The van der Waals surface area contributed by atoms with E-state index in [9.17, 15) is 9.59 Å². The Labute approximate surface area is 118 Å². The number of carboxylic acids is 1. The van der Waals surface area contributed by atoms with Crippen LogP contribution in [0.15, 0.2) is 24.3 Å². The minimum Gasteiger partial charge on any atom is -0.478 e. The number of anilines is 1. The molecule has 0 bridgehead atoms. The van der Waals surface area contributed by atoms with E-state index in [1.807, 2.05) is 0 Å². The maximum absolute atomic E-state index is 12.3. The van der Waals surface area contributed by atoms with Crippen molar-refractivity contribution < 1.29 is 14.7 Å². The van der Waals surface area contributed by atoms with E-state index in [1.165, 1.54) is 6.07 Å². The molecule has 2 unspecified atom stereocenters. The van der Waals surface area contributed by atoms with Gasteiger partial charge >= 0.3 is 5.97 Å². The molecule has 0 saturated heterocycles. The van der Waals surface area contributed by atoms with E-state index in [0.29, 0.717) is 5.69 Å². The fourth-order valence-electron chi connectivity index (χ4n) is 2.67. The molecule has 2 rings (SSSR count). The van der Waals surface area contributed by atoms with Crippen LogP contribution in [0.4, 0.5) is 5.69 Å². The Hall–Kier alpha value is -1.88. The Morgan fingerprint density at radius 3 is 2.60 bits per heavy atom. The molecule has 2 atom stereocenters. The standard InChI is InChI=1S/C15H20N2O3/c16-12-8-3-1-2-6-10(12)14(18)17-13-9-5-4-7-11(13)15(19)20/h4-5,7,9-10,12H,1-3,6,8,16H2,(H,17,18)(H,19,20). The number of hydrogen-bond acceptors (Lipinski definition) is 3. The van der Waals surface area contributed by atoms with Crippen molar-refractivity contribution in [1.82, 2.24) is 0 Å². The summed E-state index contributed by atoms with van der Waals surface area (Å²) in [5.74, 6) is -1.46. The van der Waals surface area contributed by atoms with Crippen molar-refractivity contribution >= 4 is 17.6 Å². The van der Waals surface area contributed by atoms with Crippen LogP contribution in [0.5, 0.6) is 0 Å². The molecule has 1 aromatic carbocycles. The van der Waals surface area contributed by atoms with Crippen molar-refractivity contribution in [1.29, 1.82) is 0 Å². The lowest BCUT2D eigenvalue weighted by atomic mass is 9.94. The summed E-state index contributed by atoms with van der Waals surface area (Å²) in [6, 6.07) is 6.27. The summed E-state index contributed by atoms with van der Waals surface area (Å²) in [7, 11) is 0. The largest absolute Gasteiger partial charge is 0.478 e. The number of benzene rings is 1. The van der Waals surface area contributed by atoms with Crippen molar-refractivity contribution in [3.63, 3.8) is 0 Å². The maximum Gasteiger partial charge on any atom is 0.337 e. The van der Waals surface area contributed by atoms with Crippen molar-refractivity contribution in [3.8, 4) is 0 Å². The van der Waals surface area contributed by atoms with Crippen molar-refractivity contribution in [3.05, 3.63) is 29.8 Å². The lowest BCUT2D eigenvalue weighted by Gasteiger charge is -2.21. The topological polar surface area (TPSA) is 92.4 Å². The summed E-state index contributed by atoms with van der Waals surface area (Å²) in [6.45, 7) is 0. The zero-order valence-corrected chi connectivity index (χ0v) is 11.3. The van der Waals surface area contributed by atoms with Crippen LogP contribution < -0.4 is 11.1 Å². The zero-order chi connectivity index (χ0) is 14.5. The van der Waals surface area contributed by atoms with E-state index >= 15 is 0 Å². The summed E-state index contributed by atoms with van der Waals surface area (Å²) in [6.07, 6.45) is 4.76. The van der Waals surface area contributed by atoms with E-state index in [-0.39, 0.29) is 23.4 Å². The van der Waals surface area contributed by atoms with Gasteiger partial charge in [0.25, 0.3) is 0 Å². The minimum atomic E-state index is -1.05. The molecule has 5 heteroatoms. The van der Waals surface area contributed by atoms with Gasteiger partial charge in [-0.2, -0.15) is 0 Å². The summed E-state index contributed by atoms with van der Waals surface area (Å²) < 4.78 is 0. The third-order valence-electron chi connectivity index (χ3n) is 3.82. The number of nitrogens with two attached hydrogens (primary N) is 1. The van der Waals surface area contributed by atoms with Crippen LogP contribution in [0.1, 0.15) is 42.5 Å². The number of aromatic carboxylic acids is 1. The molecule has 108 valence electrons. The molecule has 1 aromatic rings. The average molecular weight is 276 g/mol. The molecule has 1 aliphatic rings. The van der Waals surface area contributed by atoms with Gasteiger partial charge in [0.1, 0.15) is 0 Å². The predicted molar refractivity (Wildman–Crippen MR) is 76.6 cm³/mol. The van der Waals surface area contributed by atoms with E-state index < -0.39 is 5.97 Å². The predicted octanol–water partition coefficient (Wildman–Crippen LogP) is 2.23. The number of para-hydroxylation sites is 1. The summed E-state index contributed by atoms with van der Waals surface area (Å²) in [4.78, 5) is 23.4. The summed E-state index contributed by atoms with van der Waals surface area (Å²) in [5, 5.41) is 11.8. The van der Waals surface area contributed by atoms with Gasteiger partial charge < -0.3 is 16.2 Å². The van der Waals surface area contributed by atoms with Crippen LogP contribution in [0.25, 0.3) is 0 Å². The number of carbonyl (C=O) groups is 2. The molecular formula is C15H20N2O3. The second kappa shape index (κ2) is 6.52. The molecule has 1 aliphatic carbocycles. The molecule has 0 spiro atoms. The Morgan fingerprint density at radius 2 is 1.85 bits per heavy atom. The van der Waals surface area contributed by atoms with Gasteiger partial charge in [-0.15, -0.1) is 0 Å². The lowest BCUT2D eigenvalue weighted by Crippen LogP contribution is -2.38. The number of rotatable bonds is 3. The Balaban J connectivity index is 2.13. The number of hydrogen-bond donors (Lipinski definition) is 3. The summed E-state index contributed by atoms with van der Waals surface area (Å²) >= 11 is 0. The van der Waals surface area contributed by atoms with E-state index in [2.05, 4.69) is 5.32 Å². The first-order valence-corrected chi connectivity index (χ1v) is 6.98. The Morgan fingerprint density at radius 1 is 1.15 bits per heavy atom. The third kappa shape index (κ3) is 3.36. The van der Waals surface area contributed by atoms with Gasteiger partial charge in [-0.3, -0.25) is 4.79 Å². The van der Waals surface area contributed by atoms with Crippen LogP contribution in [0.2, 0.25) is 0 Å². The fourth-order valence-corrected chi connectivity index (χ4v) is 2.67. The molecule has 1 fully saturated rings. The smallest absolute Gasteiger partial charge is 0.337 e. The summed E-state index contributed by atoms with van der Waals surface area (Å²) in [5.41, 5.74) is 6.49. The number of amides is 1. The SMILES string of the molecule is NC1CCCCCC1C(=O)Nc1ccccc1C(=O)O.